The van der Waals surface area contributed by atoms with Crippen LogP contribution in [0.2, 0.25) is 0 Å². The van der Waals surface area contributed by atoms with Crippen molar-refractivity contribution >= 4 is 38.4 Å². The highest BCUT2D eigenvalue weighted by Gasteiger charge is 2.53. The van der Waals surface area contributed by atoms with E-state index in [1.165, 1.54) is 7.11 Å². The highest BCUT2D eigenvalue weighted by molar-refractivity contribution is 7.89. The molecule has 6 rings (SSSR count). The normalized spacial score (nSPS) is 15.2. The lowest BCUT2D eigenvalue weighted by molar-refractivity contribution is -0.121. The number of aryl methyl sites for hydroxylation is 1. The van der Waals surface area contributed by atoms with Crippen LogP contribution in [0, 0.1) is 6.92 Å². The van der Waals surface area contributed by atoms with E-state index in [9.17, 15) is 18.0 Å². The maximum atomic E-state index is 14.1. The van der Waals surface area contributed by atoms with Crippen LogP contribution in [0.3, 0.4) is 0 Å². The van der Waals surface area contributed by atoms with Gasteiger partial charge < -0.3 is 19.1 Å². The first-order valence-corrected chi connectivity index (χ1v) is 17.4. The SMILES string of the molecule is COc1ccccc1C1(C(=O)NS(=O)(=O)Cc2ccc(N3Cc4c(c(OC(C)C)c5cccnc5c4OC(C)C)C3=O)c(C)c2)CC1. The predicted molar refractivity (Wildman–Crippen MR) is 180 cm³/mol. The quantitative estimate of drug-likeness (QED) is 0.210. The molecule has 2 amide bonds. The smallest absolute Gasteiger partial charge is 0.262 e. The van der Waals surface area contributed by atoms with E-state index in [1.54, 1.807) is 47.5 Å². The first-order valence-electron chi connectivity index (χ1n) is 15.7. The van der Waals surface area contributed by atoms with Gasteiger partial charge in [0.15, 0.2) is 5.75 Å². The van der Waals surface area contributed by atoms with Crippen LogP contribution in [-0.4, -0.2) is 44.5 Å². The van der Waals surface area contributed by atoms with E-state index in [1.807, 2.05) is 52.8 Å². The highest BCUT2D eigenvalue weighted by Crippen LogP contribution is 2.51. The number of nitrogens with zero attached hydrogens (tertiary/aromatic N) is 2. The summed E-state index contributed by atoms with van der Waals surface area (Å²) in [7, 11) is -2.50. The van der Waals surface area contributed by atoms with Crippen molar-refractivity contribution in [3.63, 3.8) is 0 Å². The minimum Gasteiger partial charge on any atom is -0.496 e. The Bertz CT molecular complexity index is 2000. The Morgan fingerprint density at radius 2 is 1.70 bits per heavy atom. The molecule has 0 bridgehead atoms. The largest absolute Gasteiger partial charge is 0.496 e. The zero-order valence-corrected chi connectivity index (χ0v) is 28.2. The lowest BCUT2D eigenvalue weighted by Crippen LogP contribution is -2.39. The maximum absolute atomic E-state index is 14.1. The highest BCUT2D eigenvalue weighted by atomic mass is 32.2. The molecule has 1 saturated carbocycles. The number of ether oxygens (including phenoxy) is 3. The Hall–Kier alpha value is -4.64. The number of rotatable bonds is 11. The van der Waals surface area contributed by atoms with Crippen LogP contribution in [0.15, 0.2) is 60.8 Å². The van der Waals surface area contributed by atoms with Crippen molar-refractivity contribution in [1.82, 2.24) is 9.71 Å². The number of pyridine rings is 1. The summed E-state index contributed by atoms with van der Waals surface area (Å²) in [5.41, 5.74) is 3.34. The molecule has 47 heavy (non-hydrogen) atoms. The maximum Gasteiger partial charge on any atom is 0.262 e. The number of fused-ring (bicyclic) bond motifs is 2. The van der Waals surface area contributed by atoms with E-state index in [-0.39, 0.29) is 24.7 Å². The second kappa shape index (κ2) is 12.2. The first kappa shape index (κ1) is 32.3. The van der Waals surface area contributed by atoms with E-state index < -0.39 is 27.1 Å². The van der Waals surface area contributed by atoms with Gasteiger partial charge in [-0.3, -0.25) is 19.3 Å². The van der Waals surface area contributed by atoms with Crippen molar-refractivity contribution in [2.45, 2.75) is 77.4 Å². The molecule has 0 atom stereocenters. The van der Waals surface area contributed by atoms with Gasteiger partial charge in [-0.05, 0) is 82.9 Å². The third-order valence-corrected chi connectivity index (χ3v) is 9.73. The minimum atomic E-state index is -4.03. The van der Waals surface area contributed by atoms with Crippen LogP contribution >= 0.6 is 0 Å². The van der Waals surface area contributed by atoms with Crippen LogP contribution in [0.5, 0.6) is 17.2 Å². The Morgan fingerprint density at radius 1 is 1.00 bits per heavy atom. The third-order valence-electron chi connectivity index (χ3n) is 8.52. The van der Waals surface area contributed by atoms with Crippen LogP contribution in [0.25, 0.3) is 10.9 Å². The zero-order chi connectivity index (χ0) is 33.7. The van der Waals surface area contributed by atoms with Gasteiger partial charge in [0.1, 0.15) is 17.0 Å². The summed E-state index contributed by atoms with van der Waals surface area (Å²) in [5, 5.41) is 0.698. The molecule has 1 aliphatic carbocycles. The number of amides is 2. The molecular weight excluding hydrogens is 618 g/mol. The average molecular weight is 658 g/mol. The molecule has 0 saturated heterocycles. The van der Waals surface area contributed by atoms with Crippen LogP contribution in [0.4, 0.5) is 5.69 Å². The van der Waals surface area contributed by atoms with Gasteiger partial charge in [-0.25, -0.2) is 8.42 Å². The van der Waals surface area contributed by atoms with Crippen molar-refractivity contribution in [3.8, 4) is 17.2 Å². The van der Waals surface area contributed by atoms with E-state index in [0.29, 0.717) is 74.5 Å². The Labute approximate surface area is 275 Å². The van der Waals surface area contributed by atoms with Crippen molar-refractivity contribution in [3.05, 3.63) is 88.6 Å². The summed E-state index contributed by atoms with van der Waals surface area (Å²) >= 11 is 0. The Balaban J connectivity index is 1.27. The Kier molecular flexibility index (Phi) is 8.38. The number of methoxy groups -OCH3 is 1. The fraction of sp³-hybridized carbons (Fsp3) is 0.361. The van der Waals surface area contributed by atoms with Crippen molar-refractivity contribution in [2.75, 3.05) is 12.0 Å². The molecule has 1 aromatic heterocycles. The van der Waals surface area contributed by atoms with Crippen LogP contribution in [-0.2, 0) is 32.5 Å². The second-order valence-corrected chi connectivity index (χ2v) is 14.5. The molecule has 246 valence electrons. The topological polar surface area (TPSA) is 124 Å². The van der Waals surface area contributed by atoms with Gasteiger partial charge in [-0.1, -0.05) is 30.3 Å². The number of aromatic nitrogens is 1. The molecule has 0 radical (unpaired) electrons. The van der Waals surface area contributed by atoms with E-state index in [2.05, 4.69) is 9.71 Å². The van der Waals surface area contributed by atoms with Crippen LogP contribution < -0.4 is 23.8 Å². The van der Waals surface area contributed by atoms with E-state index in [4.69, 9.17) is 14.2 Å². The molecule has 11 heteroatoms. The predicted octanol–water partition coefficient (Wildman–Crippen LogP) is 5.96. The van der Waals surface area contributed by atoms with Gasteiger partial charge in [0.2, 0.25) is 15.9 Å². The number of anilines is 1. The van der Waals surface area contributed by atoms with E-state index >= 15 is 0 Å². The monoisotopic (exact) mass is 657 g/mol. The molecule has 0 spiro atoms. The lowest BCUT2D eigenvalue weighted by atomic mass is 9.94. The minimum absolute atomic E-state index is 0.154. The molecule has 1 fully saturated rings. The van der Waals surface area contributed by atoms with Crippen LogP contribution in [0.1, 0.15) is 73.1 Å². The second-order valence-electron chi connectivity index (χ2n) is 12.7. The van der Waals surface area contributed by atoms with Gasteiger partial charge in [0.05, 0.1) is 42.6 Å². The molecule has 1 N–H and O–H groups in total. The van der Waals surface area contributed by atoms with Gasteiger partial charge in [0, 0.05) is 28.4 Å². The van der Waals surface area contributed by atoms with E-state index in [0.717, 1.165) is 0 Å². The van der Waals surface area contributed by atoms with Crippen molar-refractivity contribution in [2.24, 2.45) is 0 Å². The number of para-hydroxylation sites is 1. The summed E-state index contributed by atoms with van der Waals surface area (Å²) in [6.07, 6.45) is 2.42. The number of carbonyl (C=O) groups is 2. The zero-order valence-electron chi connectivity index (χ0n) is 27.4. The summed E-state index contributed by atoms with van der Waals surface area (Å²) in [5.74, 6) is 0.381. The summed E-state index contributed by atoms with van der Waals surface area (Å²) in [4.78, 5) is 33.7. The number of hydrogen-bond acceptors (Lipinski definition) is 8. The van der Waals surface area contributed by atoms with Gasteiger partial charge in [-0.15, -0.1) is 0 Å². The van der Waals surface area contributed by atoms with Crippen molar-refractivity contribution < 1.29 is 32.2 Å². The summed E-state index contributed by atoms with van der Waals surface area (Å²) < 4.78 is 46.7. The molecular formula is C36H39N3O7S. The van der Waals surface area contributed by atoms with Crippen molar-refractivity contribution in [1.29, 1.82) is 0 Å². The molecule has 10 nitrogen and oxygen atoms in total. The number of benzene rings is 3. The first-order chi connectivity index (χ1) is 22.3. The number of carbonyl (C=O) groups excluding carboxylic acids is 2. The third kappa shape index (κ3) is 6.00. The Morgan fingerprint density at radius 3 is 2.36 bits per heavy atom. The number of sulfonamides is 1. The standard InChI is InChI=1S/C36H39N3O7S/c1-21(2)45-32-25-10-9-17-37-31(25)33(46-22(3)4)26-19-39(34(40)30(26)32)28-14-13-24(18-23(28)5)20-47(42,43)38-35(41)36(15-16-36)27-11-7-8-12-29(27)44-6/h7-14,17-18,21-22H,15-16,19-20H2,1-6H3,(H,38,41). The molecule has 2 aliphatic rings. The van der Waals surface area contributed by atoms with Gasteiger partial charge in [-0.2, -0.15) is 0 Å². The molecule has 4 aromatic rings. The molecule has 1 aliphatic heterocycles. The molecule has 2 heterocycles. The number of nitrogens with one attached hydrogen (secondary N) is 1. The van der Waals surface area contributed by atoms with Gasteiger partial charge >= 0.3 is 0 Å². The molecule has 3 aromatic carbocycles. The summed E-state index contributed by atoms with van der Waals surface area (Å²) in [6, 6.07) is 16.0. The summed E-state index contributed by atoms with van der Waals surface area (Å²) in [6.45, 7) is 9.74. The van der Waals surface area contributed by atoms with Gasteiger partial charge in [0.25, 0.3) is 5.91 Å². The lowest BCUT2D eigenvalue weighted by Gasteiger charge is -2.20. The molecule has 0 unspecified atom stereocenters. The average Bonchev–Trinajstić information content (AvgIpc) is 3.76. The fourth-order valence-corrected chi connectivity index (χ4v) is 7.51. The fourth-order valence-electron chi connectivity index (χ4n) is 6.34. The number of hydrogen-bond donors (Lipinski definition) is 1.